The maximum Gasteiger partial charge on any atom is 0.282 e. The topological polar surface area (TPSA) is 68.7 Å². The molecule has 0 aliphatic carbocycles. The summed E-state index contributed by atoms with van der Waals surface area (Å²) in [5, 5.41) is 10.6. The van der Waals surface area contributed by atoms with Gasteiger partial charge in [-0.1, -0.05) is 91.0 Å². The highest BCUT2D eigenvalue weighted by Gasteiger charge is 2.36. The van der Waals surface area contributed by atoms with E-state index in [1.165, 1.54) is 0 Å². The molecule has 2 heterocycles. The van der Waals surface area contributed by atoms with Crippen molar-refractivity contribution in [2.75, 3.05) is 4.90 Å². The van der Waals surface area contributed by atoms with E-state index in [1.807, 2.05) is 84.9 Å². The second-order valence-corrected chi connectivity index (χ2v) is 8.32. The van der Waals surface area contributed by atoms with Crippen LogP contribution in [0.3, 0.4) is 0 Å². The Kier molecular flexibility index (Phi) is 5.00. The van der Waals surface area contributed by atoms with E-state index >= 15 is 0 Å². The van der Waals surface area contributed by atoms with Crippen LogP contribution in [0.1, 0.15) is 11.1 Å². The number of benzene rings is 4. The smallest absolute Gasteiger partial charge is 0.282 e. The zero-order valence-electron chi connectivity index (χ0n) is 18.7. The molecule has 5 heteroatoms. The van der Waals surface area contributed by atoms with Gasteiger partial charge in [-0.25, -0.2) is 4.99 Å². The largest absolute Gasteiger partial charge is 0.508 e. The van der Waals surface area contributed by atoms with E-state index in [4.69, 9.17) is 4.99 Å². The number of carbonyl (C=O) groups is 1. The zero-order chi connectivity index (χ0) is 23.8. The number of rotatable bonds is 4. The molecule has 5 aromatic rings. The van der Waals surface area contributed by atoms with E-state index in [0.717, 1.165) is 39.0 Å². The lowest BCUT2D eigenvalue weighted by molar-refractivity contribution is -0.113. The number of aromatic nitrogens is 1. The first-order valence-corrected chi connectivity index (χ1v) is 11.3. The quantitative estimate of drug-likeness (QED) is 0.309. The first-order chi connectivity index (χ1) is 17.2. The van der Waals surface area contributed by atoms with Gasteiger partial charge in [0.05, 0.1) is 11.4 Å². The third-order valence-corrected chi connectivity index (χ3v) is 6.05. The Morgan fingerprint density at radius 1 is 0.743 bits per heavy atom. The first kappa shape index (κ1) is 20.7. The van der Waals surface area contributed by atoms with E-state index in [2.05, 4.69) is 4.98 Å². The van der Waals surface area contributed by atoms with Crippen LogP contribution < -0.4 is 4.90 Å². The van der Waals surface area contributed by atoms with Crippen molar-refractivity contribution in [1.29, 1.82) is 0 Å². The van der Waals surface area contributed by atoms with Crippen molar-refractivity contribution in [3.05, 3.63) is 126 Å². The predicted molar refractivity (Wildman–Crippen MR) is 140 cm³/mol. The minimum Gasteiger partial charge on any atom is -0.508 e. The number of hydrogen-bond donors (Lipinski definition) is 2. The Morgan fingerprint density at radius 3 is 2.09 bits per heavy atom. The molecule has 1 aliphatic rings. The molecule has 0 unspecified atom stereocenters. The third kappa shape index (κ3) is 3.69. The van der Waals surface area contributed by atoms with Crippen molar-refractivity contribution in [3.63, 3.8) is 0 Å². The van der Waals surface area contributed by atoms with Gasteiger partial charge in [-0.2, -0.15) is 0 Å². The number of para-hydroxylation sites is 1. The molecule has 4 aromatic carbocycles. The summed E-state index contributed by atoms with van der Waals surface area (Å²) in [7, 11) is 0. The molecule has 0 radical (unpaired) electrons. The lowest BCUT2D eigenvalue weighted by Crippen LogP contribution is -2.33. The normalized spacial score (nSPS) is 14.6. The summed E-state index contributed by atoms with van der Waals surface area (Å²) in [6.07, 6.45) is 1.75. The molecule has 0 atom stereocenters. The van der Waals surface area contributed by atoms with Crippen LogP contribution in [0.4, 0.5) is 5.69 Å². The summed E-state index contributed by atoms with van der Waals surface area (Å²) in [6.45, 7) is 0. The number of anilines is 1. The van der Waals surface area contributed by atoms with Crippen molar-refractivity contribution in [3.8, 4) is 17.0 Å². The van der Waals surface area contributed by atoms with Crippen molar-refractivity contribution in [2.24, 2.45) is 4.99 Å². The number of hydrogen-bond acceptors (Lipinski definition) is 3. The van der Waals surface area contributed by atoms with E-state index in [0.29, 0.717) is 11.5 Å². The number of fused-ring (bicyclic) bond motifs is 1. The van der Waals surface area contributed by atoms with Gasteiger partial charge < -0.3 is 10.1 Å². The van der Waals surface area contributed by atoms with Crippen LogP contribution in [0.25, 0.3) is 28.2 Å². The number of aliphatic imine (C=N–C) groups is 1. The molecule has 35 heavy (non-hydrogen) atoms. The van der Waals surface area contributed by atoms with Crippen LogP contribution in [-0.2, 0) is 4.79 Å². The Balaban J connectivity index is 1.58. The van der Waals surface area contributed by atoms with Gasteiger partial charge in [-0.05, 0) is 29.8 Å². The van der Waals surface area contributed by atoms with Gasteiger partial charge in [0.25, 0.3) is 5.91 Å². The highest BCUT2D eigenvalue weighted by atomic mass is 16.3. The van der Waals surface area contributed by atoms with Crippen molar-refractivity contribution >= 4 is 34.4 Å². The highest BCUT2D eigenvalue weighted by Crippen LogP contribution is 2.41. The molecule has 1 aromatic heterocycles. The average molecular weight is 456 g/mol. The number of phenols is 1. The molecule has 0 fully saturated rings. The Labute approximate surface area is 202 Å². The van der Waals surface area contributed by atoms with E-state index in [-0.39, 0.29) is 11.7 Å². The summed E-state index contributed by atoms with van der Waals surface area (Å²) in [5.74, 6) is 0.535. The molecular formula is C30H21N3O2. The lowest BCUT2D eigenvalue weighted by Gasteiger charge is -2.20. The van der Waals surface area contributed by atoms with Gasteiger partial charge in [-0.3, -0.25) is 9.69 Å². The van der Waals surface area contributed by atoms with Gasteiger partial charge >= 0.3 is 0 Å². The second-order valence-electron chi connectivity index (χ2n) is 8.32. The van der Waals surface area contributed by atoms with Crippen LogP contribution in [0.15, 0.2) is 120 Å². The number of nitrogens with one attached hydrogen (secondary N) is 1. The van der Waals surface area contributed by atoms with E-state index in [9.17, 15) is 9.90 Å². The molecule has 0 saturated carbocycles. The molecule has 6 rings (SSSR count). The fourth-order valence-electron chi connectivity index (χ4n) is 4.41. The van der Waals surface area contributed by atoms with Gasteiger partial charge in [0.1, 0.15) is 17.3 Å². The summed E-state index contributed by atoms with van der Waals surface area (Å²) in [4.78, 5) is 24.0. The number of aromatic hydroxyl groups is 1. The number of carbonyl (C=O) groups excluding carboxylic acids is 1. The number of amidine groups is 1. The fourth-order valence-corrected chi connectivity index (χ4v) is 4.41. The molecule has 0 spiro atoms. The number of aromatic amines is 1. The molecule has 0 saturated heterocycles. The summed E-state index contributed by atoms with van der Waals surface area (Å²) < 4.78 is 0. The maximum absolute atomic E-state index is 14.0. The van der Waals surface area contributed by atoms with Gasteiger partial charge in [0, 0.05) is 22.0 Å². The second kappa shape index (κ2) is 8.47. The van der Waals surface area contributed by atoms with Crippen molar-refractivity contribution in [1.82, 2.24) is 4.98 Å². The molecule has 1 aliphatic heterocycles. The van der Waals surface area contributed by atoms with Gasteiger partial charge in [0.15, 0.2) is 0 Å². The number of H-pyrrole nitrogens is 1. The van der Waals surface area contributed by atoms with Gasteiger partial charge in [-0.15, -0.1) is 0 Å². The van der Waals surface area contributed by atoms with Crippen LogP contribution >= 0.6 is 0 Å². The fraction of sp³-hybridized carbons (Fsp3) is 0. The summed E-state index contributed by atoms with van der Waals surface area (Å²) in [5.41, 5.74) is 5.51. The molecule has 2 N–H and O–H groups in total. The predicted octanol–water partition coefficient (Wildman–Crippen LogP) is 6.38. The zero-order valence-corrected chi connectivity index (χ0v) is 18.7. The molecule has 5 nitrogen and oxygen atoms in total. The van der Waals surface area contributed by atoms with Crippen molar-refractivity contribution in [2.45, 2.75) is 0 Å². The minimum atomic E-state index is -0.209. The standard InChI is InChI=1S/C30H21N3O2/c34-23-17-15-20(16-18-23)19-26-30(35)33(29(32-26)22-11-5-2-6-12-22)28-24-13-7-8-14-25(24)31-27(28)21-9-3-1-4-10-21/h1-19,31,34H/b26-19+. The van der Waals surface area contributed by atoms with Gasteiger partial charge in [0.2, 0.25) is 0 Å². The minimum absolute atomic E-state index is 0.172. The van der Waals surface area contributed by atoms with E-state index in [1.54, 1.807) is 35.2 Å². The Bertz CT molecular complexity index is 1600. The average Bonchev–Trinajstić information content (AvgIpc) is 3.44. The van der Waals surface area contributed by atoms with Crippen LogP contribution in [0.2, 0.25) is 0 Å². The molecule has 1 amide bonds. The van der Waals surface area contributed by atoms with Crippen LogP contribution in [0.5, 0.6) is 5.75 Å². The lowest BCUT2D eigenvalue weighted by atomic mass is 10.1. The highest BCUT2D eigenvalue weighted by molar-refractivity contribution is 6.36. The summed E-state index contributed by atoms with van der Waals surface area (Å²) >= 11 is 0. The Hall–Kier alpha value is -4.90. The van der Waals surface area contributed by atoms with Crippen LogP contribution in [0, 0.1) is 0 Å². The molecule has 0 bridgehead atoms. The number of phenolic OH excluding ortho intramolecular Hbond substituents is 1. The van der Waals surface area contributed by atoms with Crippen molar-refractivity contribution < 1.29 is 9.90 Å². The van der Waals surface area contributed by atoms with E-state index < -0.39 is 0 Å². The Morgan fingerprint density at radius 2 is 1.37 bits per heavy atom. The SMILES string of the molecule is O=C1/C(=C\c2ccc(O)cc2)N=C(c2ccccc2)N1c1c(-c2ccccc2)[nH]c2ccccc12. The van der Waals surface area contributed by atoms with Crippen LogP contribution in [-0.4, -0.2) is 21.8 Å². The maximum atomic E-state index is 14.0. The number of amides is 1. The molecule has 168 valence electrons. The summed E-state index contributed by atoms with van der Waals surface area (Å²) in [6, 6.07) is 34.4. The first-order valence-electron chi connectivity index (χ1n) is 11.3. The monoisotopic (exact) mass is 455 g/mol. The number of nitrogens with zero attached hydrogens (tertiary/aromatic N) is 2. The third-order valence-electron chi connectivity index (χ3n) is 6.05. The molecular weight excluding hydrogens is 434 g/mol.